The lowest BCUT2D eigenvalue weighted by Crippen LogP contribution is -2.40. The van der Waals surface area contributed by atoms with E-state index in [4.69, 9.17) is 23.2 Å². The average Bonchev–Trinajstić information content (AvgIpc) is 2.81. The molecule has 0 aliphatic rings. The van der Waals surface area contributed by atoms with Gasteiger partial charge in [0.05, 0.1) is 10.6 Å². The minimum absolute atomic E-state index is 0.0311. The summed E-state index contributed by atoms with van der Waals surface area (Å²) in [7, 11) is -4.03. The molecule has 0 radical (unpaired) electrons. The van der Waals surface area contributed by atoms with Crippen molar-refractivity contribution in [1.82, 2.24) is 5.32 Å². The van der Waals surface area contributed by atoms with Crippen molar-refractivity contribution in [3.05, 3.63) is 93.5 Å². The molecule has 0 aliphatic carbocycles. The minimum atomic E-state index is -4.03. The number of carbonyl (C=O) groups is 1. The molecule has 0 unspecified atom stereocenters. The van der Waals surface area contributed by atoms with Crippen LogP contribution < -0.4 is 9.62 Å². The van der Waals surface area contributed by atoms with Gasteiger partial charge in [0.15, 0.2) is 0 Å². The first kappa shape index (κ1) is 25.1. The number of halogens is 2. The SMILES string of the molecule is CCc1ccc(CC)c(CNC(=O)CN(c2cccc(Cl)c2)S(=O)(=O)c2ccc(Cl)cc2)c1. The molecule has 0 bridgehead atoms. The van der Waals surface area contributed by atoms with Crippen molar-refractivity contribution in [3.63, 3.8) is 0 Å². The largest absolute Gasteiger partial charge is 0.350 e. The maximum absolute atomic E-state index is 13.4. The van der Waals surface area contributed by atoms with E-state index in [1.165, 1.54) is 35.9 Å². The van der Waals surface area contributed by atoms with Crippen molar-refractivity contribution >= 4 is 44.8 Å². The summed E-state index contributed by atoms with van der Waals surface area (Å²) < 4.78 is 27.9. The molecule has 33 heavy (non-hydrogen) atoms. The smallest absolute Gasteiger partial charge is 0.264 e. The Labute approximate surface area is 205 Å². The molecule has 0 aromatic heterocycles. The third-order valence-electron chi connectivity index (χ3n) is 5.32. The van der Waals surface area contributed by atoms with Crippen LogP contribution in [0, 0.1) is 0 Å². The molecule has 3 aromatic carbocycles. The molecular weight excluding hydrogens is 479 g/mol. The van der Waals surface area contributed by atoms with E-state index < -0.39 is 15.9 Å². The summed E-state index contributed by atoms with van der Waals surface area (Å²) in [6.07, 6.45) is 1.74. The first-order valence-corrected chi connectivity index (χ1v) is 12.9. The molecule has 0 spiro atoms. The Kier molecular flexibility index (Phi) is 8.40. The molecule has 174 valence electrons. The molecule has 5 nitrogen and oxygen atoms in total. The Bertz CT molecular complexity index is 1230. The fourth-order valence-electron chi connectivity index (χ4n) is 3.47. The van der Waals surface area contributed by atoms with E-state index in [1.54, 1.807) is 18.2 Å². The second-order valence-corrected chi connectivity index (χ2v) is 10.3. The second-order valence-electron chi connectivity index (χ2n) is 7.53. The van der Waals surface area contributed by atoms with E-state index in [2.05, 4.69) is 37.4 Å². The molecule has 0 atom stereocenters. The standard InChI is InChI=1S/C25H26Cl2N2O3S/c1-3-18-8-9-19(4-2)20(14-18)16-28-25(30)17-29(23-7-5-6-22(27)15-23)33(31,32)24-12-10-21(26)11-13-24/h5-15H,3-4,16-17H2,1-2H3,(H,28,30). The van der Waals surface area contributed by atoms with E-state index in [9.17, 15) is 13.2 Å². The number of benzene rings is 3. The second kappa shape index (κ2) is 11.1. The van der Waals surface area contributed by atoms with E-state index in [0.717, 1.165) is 28.3 Å². The fraction of sp³-hybridized carbons (Fsp3) is 0.240. The lowest BCUT2D eigenvalue weighted by molar-refractivity contribution is -0.119. The number of amides is 1. The Balaban J connectivity index is 1.86. The Morgan fingerprint density at radius 3 is 2.24 bits per heavy atom. The third-order valence-corrected chi connectivity index (χ3v) is 7.60. The maximum atomic E-state index is 13.4. The highest BCUT2D eigenvalue weighted by atomic mass is 35.5. The zero-order chi connectivity index (χ0) is 24.0. The normalized spacial score (nSPS) is 11.3. The predicted molar refractivity (Wildman–Crippen MR) is 134 cm³/mol. The number of nitrogens with zero attached hydrogens (tertiary/aromatic N) is 1. The number of aryl methyl sites for hydroxylation is 2. The molecule has 0 fully saturated rings. The van der Waals surface area contributed by atoms with Crippen LogP contribution in [-0.2, 0) is 34.2 Å². The van der Waals surface area contributed by atoms with Crippen LogP contribution in [0.15, 0.2) is 71.6 Å². The van der Waals surface area contributed by atoms with Crippen LogP contribution in [0.1, 0.15) is 30.5 Å². The van der Waals surface area contributed by atoms with Gasteiger partial charge >= 0.3 is 0 Å². The number of rotatable bonds is 9. The van der Waals surface area contributed by atoms with Crippen molar-refractivity contribution in [2.75, 3.05) is 10.8 Å². The van der Waals surface area contributed by atoms with Gasteiger partial charge in [-0.15, -0.1) is 0 Å². The van der Waals surface area contributed by atoms with Crippen LogP contribution in [0.2, 0.25) is 10.0 Å². The Morgan fingerprint density at radius 2 is 1.61 bits per heavy atom. The molecule has 8 heteroatoms. The number of sulfonamides is 1. The van der Waals surface area contributed by atoms with Gasteiger partial charge < -0.3 is 5.32 Å². The van der Waals surface area contributed by atoms with Gasteiger partial charge in [0.25, 0.3) is 10.0 Å². The summed E-state index contributed by atoms with van der Waals surface area (Å²) in [4.78, 5) is 12.9. The quantitative estimate of drug-likeness (QED) is 0.410. The van der Waals surface area contributed by atoms with Crippen molar-refractivity contribution < 1.29 is 13.2 Å². The van der Waals surface area contributed by atoms with E-state index in [0.29, 0.717) is 22.3 Å². The average molecular weight is 505 g/mol. The molecule has 0 saturated carbocycles. The first-order chi connectivity index (χ1) is 15.7. The number of anilines is 1. The molecule has 3 aromatic rings. The lowest BCUT2D eigenvalue weighted by atomic mass is 10.0. The molecule has 3 rings (SSSR count). The van der Waals surface area contributed by atoms with Gasteiger partial charge in [0, 0.05) is 16.6 Å². The van der Waals surface area contributed by atoms with Crippen molar-refractivity contribution in [3.8, 4) is 0 Å². The van der Waals surface area contributed by atoms with Gasteiger partial charge in [-0.25, -0.2) is 8.42 Å². The number of hydrogen-bond donors (Lipinski definition) is 1. The fourth-order valence-corrected chi connectivity index (χ4v) is 5.19. The Hall–Kier alpha value is -2.54. The van der Waals surface area contributed by atoms with E-state index >= 15 is 0 Å². The lowest BCUT2D eigenvalue weighted by Gasteiger charge is -2.24. The minimum Gasteiger partial charge on any atom is -0.350 e. The van der Waals surface area contributed by atoms with Crippen LogP contribution in [0.5, 0.6) is 0 Å². The topological polar surface area (TPSA) is 66.5 Å². The van der Waals surface area contributed by atoms with E-state index in [1.807, 2.05) is 0 Å². The molecule has 0 heterocycles. The zero-order valence-corrected chi connectivity index (χ0v) is 20.8. The van der Waals surface area contributed by atoms with Crippen LogP contribution in [0.25, 0.3) is 0 Å². The highest BCUT2D eigenvalue weighted by Crippen LogP contribution is 2.27. The van der Waals surface area contributed by atoms with Crippen molar-refractivity contribution in [2.24, 2.45) is 0 Å². The van der Waals surface area contributed by atoms with Gasteiger partial charge in [0.1, 0.15) is 6.54 Å². The van der Waals surface area contributed by atoms with Crippen molar-refractivity contribution in [1.29, 1.82) is 0 Å². The molecular formula is C25H26Cl2N2O3S. The monoisotopic (exact) mass is 504 g/mol. The third kappa shape index (κ3) is 6.28. The summed E-state index contributed by atoms with van der Waals surface area (Å²) in [6.45, 7) is 4.07. The van der Waals surface area contributed by atoms with Crippen LogP contribution in [0.4, 0.5) is 5.69 Å². The van der Waals surface area contributed by atoms with Gasteiger partial charge in [-0.2, -0.15) is 0 Å². The van der Waals surface area contributed by atoms with Gasteiger partial charge in [-0.1, -0.05) is 61.3 Å². The first-order valence-electron chi connectivity index (χ1n) is 10.7. The number of carbonyl (C=O) groups excluding carboxylic acids is 1. The van der Waals surface area contributed by atoms with Gasteiger partial charge in [0.2, 0.25) is 5.91 Å². The van der Waals surface area contributed by atoms with Crippen LogP contribution in [-0.4, -0.2) is 20.9 Å². The predicted octanol–water partition coefficient (Wildman–Crippen LogP) is 5.63. The van der Waals surface area contributed by atoms with Crippen LogP contribution in [0.3, 0.4) is 0 Å². The van der Waals surface area contributed by atoms with Crippen LogP contribution >= 0.6 is 23.2 Å². The summed E-state index contributed by atoms with van der Waals surface area (Å²) >= 11 is 12.0. The molecule has 0 saturated heterocycles. The summed E-state index contributed by atoms with van der Waals surface area (Å²) in [6, 6.07) is 18.5. The Morgan fingerprint density at radius 1 is 0.879 bits per heavy atom. The molecule has 1 N–H and O–H groups in total. The highest BCUT2D eigenvalue weighted by molar-refractivity contribution is 7.92. The summed E-state index contributed by atoms with van der Waals surface area (Å²) in [5, 5.41) is 3.66. The summed E-state index contributed by atoms with van der Waals surface area (Å²) in [5.74, 6) is -0.420. The number of hydrogen-bond acceptors (Lipinski definition) is 3. The maximum Gasteiger partial charge on any atom is 0.264 e. The van der Waals surface area contributed by atoms with Crippen molar-refractivity contribution in [2.45, 2.75) is 38.1 Å². The molecule has 1 amide bonds. The molecule has 0 aliphatic heterocycles. The van der Waals surface area contributed by atoms with E-state index in [-0.39, 0.29) is 11.4 Å². The number of nitrogens with one attached hydrogen (secondary N) is 1. The summed E-state index contributed by atoms with van der Waals surface area (Å²) in [5.41, 5.74) is 3.66. The highest BCUT2D eigenvalue weighted by Gasteiger charge is 2.27. The van der Waals surface area contributed by atoms with Gasteiger partial charge in [-0.05, 0) is 72.0 Å². The van der Waals surface area contributed by atoms with Gasteiger partial charge in [-0.3, -0.25) is 9.10 Å². The zero-order valence-electron chi connectivity index (χ0n) is 18.5.